The molecule has 0 aromatic heterocycles. The van der Waals surface area contributed by atoms with Gasteiger partial charge in [0.15, 0.2) is 0 Å². The first-order valence-electron chi connectivity index (χ1n) is 8.23. The third-order valence-corrected chi connectivity index (χ3v) is 4.17. The summed E-state index contributed by atoms with van der Waals surface area (Å²) in [5.74, 6) is 0.832. The van der Waals surface area contributed by atoms with Gasteiger partial charge in [0, 0.05) is 13.1 Å². The molecule has 0 spiro atoms. The zero-order valence-electron chi connectivity index (χ0n) is 14.0. The van der Waals surface area contributed by atoms with E-state index in [2.05, 4.69) is 10.6 Å². The van der Waals surface area contributed by atoms with Crippen molar-refractivity contribution in [2.45, 2.75) is 32.0 Å². The molecule has 1 aliphatic rings. The van der Waals surface area contributed by atoms with E-state index in [1.165, 1.54) is 12.1 Å². The summed E-state index contributed by atoms with van der Waals surface area (Å²) in [5.41, 5.74) is 1.88. The molecule has 1 heterocycles. The number of hydrogen-bond acceptors (Lipinski definition) is 4. The minimum absolute atomic E-state index is 0.110. The molecule has 132 valence electrons. The number of carbonyl (C=O) groups is 1. The summed E-state index contributed by atoms with van der Waals surface area (Å²) in [6.07, 6.45) is -0.0177. The van der Waals surface area contributed by atoms with Gasteiger partial charge in [0.1, 0.15) is 17.3 Å². The number of nitrogens with one attached hydrogen (secondary N) is 2. The fraction of sp³-hybridized carbons (Fsp3) is 0.316. The number of aliphatic hydroxyl groups excluding tert-OH is 1. The van der Waals surface area contributed by atoms with E-state index < -0.39 is 6.10 Å². The lowest BCUT2D eigenvalue weighted by Crippen LogP contribution is -2.40. The number of aliphatic hydroxyl groups is 1. The molecule has 2 atom stereocenters. The Morgan fingerprint density at radius 3 is 2.72 bits per heavy atom. The maximum Gasteiger partial charge on any atom is 0.237 e. The largest absolute Gasteiger partial charge is 0.457 e. The Balaban J connectivity index is 1.58. The van der Waals surface area contributed by atoms with Gasteiger partial charge in [0.05, 0.1) is 12.1 Å². The van der Waals surface area contributed by atoms with E-state index >= 15 is 0 Å². The molecular weight excluding hydrogens is 323 g/mol. The first-order valence-corrected chi connectivity index (χ1v) is 8.23. The lowest BCUT2D eigenvalue weighted by atomic mass is 10.1. The average molecular weight is 344 g/mol. The summed E-state index contributed by atoms with van der Waals surface area (Å²) in [4.78, 5) is 12.0. The van der Waals surface area contributed by atoms with Gasteiger partial charge in [-0.2, -0.15) is 0 Å². The molecule has 1 amide bonds. The van der Waals surface area contributed by atoms with Crippen LogP contribution in [0.15, 0.2) is 42.5 Å². The lowest BCUT2D eigenvalue weighted by molar-refractivity contribution is -0.123. The van der Waals surface area contributed by atoms with Crippen LogP contribution in [-0.4, -0.2) is 29.7 Å². The summed E-state index contributed by atoms with van der Waals surface area (Å²) in [6.45, 7) is 2.77. The highest BCUT2D eigenvalue weighted by Gasteiger charge is 2.27. The summed E-state index contributed by atoms with van der Waals surface area (Å²) in [7, 11) is 0. The molecule has 1 fully saturated rings. The van der Waals surface area contributed by atoms with Crippen LogP contribution in [0.5, 0.6) is 11.5 Å². The van der Waals surface area contributed by atoms with Gasteiger partial charge >= 0.3 is 0 Å². The minimum atomic E-state index is -0.458. The van der Waals surface area contributed by atoms with Crippen LogP contribution in [0.4, 0.5) is 4.39 Å². The molecule has 0 radical (unpaired) electrons. The second-order valence-electron chi connectivity index (χ2n) is 6.22. The molecule has 1 aliphatic heterocycles. The zero-order chi connectivity index (χ0) is 17.8. The van der Waals surface area contributed by atoms with Crippen molar-refractivity contribution in [1.82, 2.24) is 10.6 Å². The monoisotopic (exact) mass is 344 g/mol. The van der Waals surface area contributed by atoms with E-state index in [0.29, 0.717) is 31.0 Å². The summed E-state index contributed by atoms with van der Waals surface area (Å²) in [5, 5.41) is 15.3. The third-order valence-electron chi connectivity index (χ3n) is 4.17. The van der Waals surface area contributed by atoms with Crippen LogP contribution < -0.4 is 15.4 Å². The van der Waals surface area contributed by atoms with Gasteiger partial charge in [-0.15, -0.1) is 0 Å². The Hall–Kier alpha value is -2.44. The van der Waals surface area contributed by atoms with Crippen LogP contribution in [0.2, 0.25) is 0 Å². The van der Waals surface area contributed by atoms with Crippen molar-refractivity contribution in [3.05, 3.63) is 59.4 Å². The van der Waals surface area contributed by atoms with Crippen LogP contribution in [-0.2, 0) is 11.3 Å². The lowest BCUT2D eigenvalue weighted by Gasteiger charge is -2.13. The number of amides is 1. The van der Waals surface area contributed by atoms with E-state index in [1.807, 2.05) is 25.1 Å². The maximum absolute atomic E-state index is 12.9. The van der Waals surface area contributed by atoms with Gasteiger partial charge < -0.3 is 20.5 Å². The number of ether oxygens (including phenoxy) is 1. The van der Waals surface area contributed by atoms with Crippen LogP contribution in [0.25, 0.3) is 0 Å². The van der Waals surface area contributed by atoms with Crippen molar-refractivity contribution in [3.8, 4) is 11.5 Å². The standard InChI is InChI=1S/C19H21FN2O3/c1-12-8-13(10-22-19(24)17-9-15(23)11-21-17)2-7-18(12)25-16-5-3-14(20)4-6-16/h2-8,15,17,21,23H,9-11H2,1H3,(H,22,24). The topological polar surface area (TPSA) is 70.6 Å². The van der Waals surface area contributed by atoms with Gasteiger partial charge in [-0.3, -0.25) is 4.79 Å². The Morgan fingerprint density at radius 1 is 1.32 bits per heavy atom. The predicted molar refractivity (Wildman–Crippen MR) is 91.9 cm³/mol. The molecule has 0 saturated carbocycles. The van der Waals surface area contributed by atoms with Crippen molar-refractivity contribution in [2.24, 2.45) is 0 Å². The molecule has 2 aromatic rings. The zero-order valence-corrected chi connectivity index (χ0v) is 14.0. The van der Waals surface area contributed by atoms with E-state index in [0.717, 1.165) is 11.1 Å². The first kappa shape index (κ1) is 17.4. The molecule has 3 rings (SSSR count). The summed E-state index contributed by atoms with van der Waals surface area (Å²) in [6, 6.07) is 11.2. The Bertz CT molecular complexity index is 749. The predicted octanol–water partition coefficient (Wildman–Crippen LogP) is 2.27. The highest BCUT2D eigenvalue weighted by molar-refractivity contribution is 5.82. The number of aryl methyl sites for hydroxylation is 1. The molecule has 1 saturated heterocycles. The number of rotatable bonds is 5. The molecule has 3 N–H and O–H groups in total. The van der Waals surface area contributed by atoms with Crippen LogP contribution in [0.1, 0.15) is 17.5 Å². The van der Waals surface area contributed by atoms with Crippen molar-refractivity contribution < 1.29 is 19.0 Å². The van der Waals surface area contributed by atoms with Gasteiger partial charge in [-0.1, -0.05) is 12.1 Å². The molecule has 25 heavy (non-hydrogen) atoms. The van der Waals surface area contributed by atoms with Crippen LogP contribution in [0, 0.1) is 12.7 Å². The number of hydrogen-bond donors (Lipinski definition) is 3. The highest BCUT2D eigenvalue weighted by Crippen LogP contribution is 2.26. The fourth-order valence-corrected chi connectivity index (χ4v) is 2.79. The molecule has 2 unspecified atom stereocenters. The fourth-order valence-electron chi connectivity index (χ4n) is 2.79. The average Bonchev–Trinajstić information content (AvgIpc) is 3.03. The van der Waals surface area contributed by atoms with Crippen molar-refractivity contribution in [2.75, 3.05) is 6.54 Å². The molecule has 2 aromatic carbocycles. The quantitative estimate of drug-likeness (QED) is 0.778. The molecular formula is C19H21FN2O3. The van der Waals surface area contributed by atoms with E-state index in [9.17, 15) is 14.3 Å². The Kier molecular flexibility index (Phi) is 5.31. The second-order valence-corrected chi connectivity index (χ2v) is 6.22. The van der Waals surface area contributed by atoms with Crippen LogP contribution >= 0.6 is 0 Å². The normalized spacial score (nSPS) is 19.6. The smallest absolute Gasteiger partial charge is 0.237 e. The molecule has 6 heteroatoms. The third kappa shape index (κ3) is 4.55. The second kappa shape index (κ2) is 7.63. The first-order chi connectivity index (χ1) is 12.0. The van der Waals surface area contributed by atoms with Gasteiger partial charge in [-0.05, 0) is 54.8 Å². The Morgan fingerprint density at radius 2 is 2.08 bits per heavy atom. The van der Waals surface area contributed by atoms with E-state index in [4.69, 9.17) is 4.74 Å². The number of benzene rings is 2. The molecule has 0 bridgehead atoms. The molecule has 0 aliphatic carbocycles. The number of carbonyl (C=O) groups excluding carboxylic acids is 1. The molecule has 5 nitrogen and oxygen atoms in total. The van der Waals surface area contributed by atoms with Crippen LogP contribution in [0.3, 0.4) is 0 Å². The van der Waals surface area contributed by atoms with Gasteiger partial charge in [0.25, 0.3) is 0 Å². The maximum atomic E-state index is 12.9. The summed E-state index contributed by atoms with van der Waals surface area (Å²) < 4.78 is 18.7. The van der Waals surface area contributed by atoms with E-state index in [-0.39, 0.29) is 17.8 Å². The van der Waals surface area contributed by atoms with Crippen molar-refractivity contribution in [1.29, 1.82) is 0 Å². The van der Waals surface area contributed by atoms with Gasteiger partial charge in [0.2, 0.25) is 5.91 Å². The van der Waals surface area contributed by atoms with Gasteiger partial charge in [-0.25, -0.2) is 4.39 Å². The highest BCUT2D eigenvalue weighted by atomic mass is 19.1. The Labute approximate surface area is 145 Å². The van der Waals surface area contributed by atoms with E-state index in [1.54, 1.807) is 12.1 Å². The number of β-amino-alcohol motifs (C(OH)–C–C–N with tert-alkyl or cyclic N) is 1. The SMILES string of the molecule is Cc1cc(CNC(=O)C2CC(O)CN2)ccc1Oc1ccc(F)cc1. The van der Waals surface area contributed by atoms with Crippen molar-refractivity contribution in [3.63, 3.8) is 0 Å². The number of halogens is 1. The minimum Gasteiger partial charge on any atom is -0.457 e. The summed E-state index contributed by atoms with van der Waals surface area (Å²) >= 11 is 0. The van der Waals surface area contributed by atoms with Crippen molar-refractivity contribution >= 4 is 5.91 Å².